The molecule has 0 saturated heterocycles. The summed E-state index contributed by atoms with van der Waals surface area (Å²) in [6, 6.07) is 15.9. The average Bonchev–Trinajstić information content (AvgIpc) is 2.55. The summed E-state index contributed by atoms with van der Waals surface area (Å²) in [5.74, 6) is -0.140. The summed E-state index contributed by atoms with van der Waals surface area (Å²) in [7, 11) is 0. The Morgan fingerprint density at radius 2 is 1.71 bits per heavy atom. The van der Waals surface area contributed by atoms with E-state index in [0.717, 1.165) is 17.5 Å². The van der Waals surface area contributed by atoms with Gasteiger partial charge in [0.1, 0.15) is 0 Å². The lowest BCUT2D eigenvalue weighted by molar-refractivity contribution is 0.0857. The predicted molar refractivity (Wildman–Crippen MR) is 97.6 cm³/mol. The van der Waals surface area contributed by atoms with Gasteiger partial charge in [0.2, 0.25) is 0 Å². The first-order valence-corrected chi connectivity index (χ1v) is 8.09. The lowest BCUT2D eigenvalue weighted by atomic mass is 9.86. The van der Waals surface area contributed by atoms with Crippen LogP contribution >= 0.6 is 0 Å². The summed E-state index contributed by atoms with van der Waals surface area (Å²) in [6.45, 7) is 5.47. The van der Waals surface area contributed by atoms with Crippen molar-refractivity contribution in [3.63, 3.8) is 0 Å². The first-order valence-electron chi connectivity index (χ1n) is 8.09. The Hall–Kier alpha value is -2.68. The van der Waals surface area contributed by atoms with Crippen molar-refractivity contribution < 1.29 is 4.79 Å². The molecule has 3 aromatic rings. The molecule has 3 heteroatoms. The van der Waals surface area contributed by atoms with Gasteiger partial charge in [-0.15, -0.1) is 0 Å². The van der Waals surface area contributed by atoms with E-state index in [4.69, 9.17) is 0 Å². The van der Waals surface area contributed by atoms with E-state index in [0.29, 0.717) is 5.39 Å². The second-order valence-electron chi connectivity index (χ2n) is 7.15. The van der Waals surface area contributed by atoms with Gasteiger partial charge in [0.05, 0.1) is 5.56 Å². The van der Waals surface area contributed by atoms with Gasteiger partial charge in [-0.3, -0.25) is 9.59 Å². The Bertz CT molecular complexity index is 947. The van der Waals surface area contributed by atoms with Crippen LogP contribution in [0, 0.1) is 5.41 Å². The van der Waals surface area contributed by atoms with Crippen molar-refractivity contribution in [1.29, 1.82) is 0 Å². The molecule has 0 atom stereocenters. The number of aromatic nitrogens is 1. The molecule has 2 aromatic carbocycles. The monoisotopic (exact) mass is 319 g/mol. The first-order chi connectivity index (χ1) is 11.4. The molecule has 24 heavy (non-hydrogen) atoms. The number of rotatable bonds is 3. The highest BCUT2D eigenvalue weighted by Gasteiger charge is 2.25. The lowest BCUT2D eigenvalue weighted by Crippen LogP contribution is -2.26. The van der Waals surface area contributed by atoms with Crippen LogP contribution < -0.4 is 5.43 Å². The third-order valence-corrected chi connectivity index (χ3v) is 4.12. The highest BCUT2D eigenvalue weighted by atomic mass is 16.1. The number of pyridine rings is 1. The Balaban J connectivity index is 2.07. The van der Waals surface area contributed by atoms with Crippen molar-refractivity contribution in [2.75, 3.05) is 0 Å². The van der Waals surface area contributed by atoms with Gasteiger partial charge in [-0.1, -0.05) is 57.2 Å². The molecular weight excluding hydrogens is 298 g/mol. The number of nitrogens with one attached hydrogen (secondary N) is 1. The molecule has 0 radical (unpaired) electrons. The number of fused-ring (bicyclic) bond motifs is 1. The summed E-state index contributed by atoms with van der Waals surface area (Å²) in [5, 5.41) is 0.568. The maximum absolute atomic E-state index is 12.8. The van der Waals surface area contributed by atoms with Gasteiger partial charge in [-0.05, 0) is 29.7 Å². The highest BCUT2D eigenvalue weighted by Crippen LogP contribution is 2.20. The number of benzene rings is 2. The number of hydrogen-bond acceptors (Lipinski definition) is 2. The van der Waals surface area contributed by atoms with Crippen molar-refractivity contribution >= 4 is 16.7 Å². The maximum Gasteiger partial charge on any atom is 0.200 e. The standard InChI is InChI=1S/C21H21NO2/c1-21(2,3)20(24)17-13-22-18-10-9-15(12-16(18)19(17)23)11-14-7-5-4-6-8-14/h4-10,12-13H,11H2,1-3H3,(H,22,23). The van der Waals surface area contributed by atoms with Gasteiger partial charge < -0.3 is 4.98 Å². The number of H-pyrrole nitrogens is 1. The van der Waals surface area contributed by atoms with Gasteiger partial charge >= 0.3 is 0 Å². The number of hydrogen-bond donors (Lipinski definition) is 1. The number of carbonyl (C=O) groups excluding carboxylic acids is 1. The minimum absolute atomic E-state index is 0.140. The van der Waals surface area contributed by atoms with Crippen LogP contribution in [-0.4, -0.2) is 10.8 Å². The van der Waals surface area contributed by atoms with Crippen molar-refractivity contribution in [2.45, 2.75) is 27.2 Å². The van der Waals surface area contributed by atoms with Crippen LogP contribution in [0.3, 0.4) is 0 Å². The molecule has 3 rings (SSSR count). The Morgan fingerprint density at radius 1 is 1.00 bits per heavy atom. The predicted octanol–water partition coefficient (Wildman–Crippen LogP) is 4.35. The average molecular weight is 319 g/mol. The largest absolute Gasteiger partial charge is 0.360 e. The molecule has 3 nitrogen and oxygen atoms in total. The molecule has 0 saturated carbocycles. The van der Waals surface area contributed by atoms with E-state index in [-0.39, 0.29) is 16.8 Å². The summed E-state index contributed by atoms with van der Waals surface area (Å²) >= 11 is 0. The number of carbonyl (C=O) groups is 1. The van der Waals surface area contributed by atoms with E-state index in [1.807, 2.05) is 57.2 Å². The van der Waals surface area contributed by atoms with E-state index in [9.17, 15) is 9.59 Å². The van der Waals surface area contributed by atoms with Gasteiger partial charge in [-0.25, -0.2) is 0 Å². The quantitative estimate of drug-likeness (QED) is 0.730. The van der Waals surface area contributed by atoms with Crippen LogP contribution in [0.4, 0.5) is 0 Å². The Morgan fingerprint density at radius 3 is 2.38 bits per heavy atom. The zero-order valence-electron chi connectivity index (χ0n) is 14.2. The first kappa shape index (κ1) is 16.2. The summed E-state index contributed by atoms with van der Waals surface area (Å²) in [4.78, 5) is 28.4. The normalized spacial score (nSPS) is 11.6. The number of aromatic amines is 1. The zero-order chi connectivity index (χ0) is 17.3. The van der Waals surface area contributed by atoms with Gasteiger partial charge in [0, 0.05) is 22.5 Å². The smallest absolute Gasteiger partial charge is 0.200 e. The molecule has 1 heterocycles. The molecule has 1 aromatic heterocycles. The van der Waals surface area contributed by atoms with Crippen molar-refractivity contribution in [2.24, 2.45) is 5.41 Å². The van der Waals surface area contributed by atoms with Crippen LogP contribution in [0.5, 0.6) is 0 Å². The fraction of sp³-hybridized carbons (Fsp3) is 0.238. The van der Waals surface area contributed by atoms with Crippen LogP contribution in [0.2, 0.25) is 0 Å². The molecule has 0 aliphatic carbocycles. The Kier molecular flexibility index (Phi) is 4.10. The summed E-state index contributed by atoms with van der Waals surface area (Å²) in [6.07, 6.45) is 2.29. The molecule has 0 bridgehead atoms. The molecular formula is C21H21NO2. The van der Waals surface area contributed by atoms with Crippen LogP contribution in [0.15, 0.2) is 59.5 Å². The van der Waals surface area contributed by atoms with E-state index in [1.54, 1.807) is 0 Å². The summed E-state index contributed by atoms with van der Waals surface area (Å²) < 4.78 is 0. The van der Waals surface area contributed by atoms with Gasteiger partial charge in [0.15, 0.2) is 11.2 Å². The SMILES string of the molecule is CC(C)(C)C(=O)c1c[nH]c2ccc(Cc3ccccc3)cc2c1=O. The van der Waals surface area contributed by atoms with Crippen molar-refractivity contribution in [3.8, 4) is 0 Å². The molecule has 0 fully saturated rings. The van der Waals surface area contributed by atoms with E-state index >= 15 is 0 Å². The number of ketones is 1. The van der Waals surface area contributed by atoms with E-state index in [1.165, 1.54) is 11.8 Å². The third-order valence-electron chi connectivity index (χ3n) is 4.12. The third kappa shape index (κ3) is 3.16. The fourth-order valence-corrected chi connectivity index (χ4v) is 2.78. The molecule has 0 aliphatic heterocycles. The van der Waals surface area contributed by atoms with Gasteiger partial charge in [-0.2, -0.15) is 0 Å². The second kappa shape index (κ2) is 6.08. The van der Waals surface area contributed by atoms with Crippen molar-refractivity contribution in [3.05, 3.63) is 81.6 Å². The molecule has 122 valence electrons. The van der Waals surface area contributed by atoms with Gasteiger partial charge in [0.25, 0.3) is 0 Å². The molecule has 0 aliphatic rings. The van der Waals surface area contributed by atoms with Crippen molar-refractivity contribution in [1.82, 2.24) is 4.98 Å². The zero-order valence-corrected chi connectivity index (χ0v) is 14.2. The molecule has 0 unspecified atom stereocenters. The Labute approximate surface area is 141 Å². The minimum atomic E-state index is -0.581. The van der Waals surface area contributed by atoms with Crippen LogP contribution in [0.1, 0.15) is 42.3 Å². The van der Waals surface area contributed by atoms with Crippen LogP contribution in [0.25, 0.3) is 10.9 Å². The molecule has 0 amide bonds. The maximum atomic E-state index is 12.8. The lowest BCUT2D eigenvalue weighted by Gasteiger charge is -2.16. The summed E-state index contributed by atoms with van der Waals surface area (Å²) in [5.41, 5.74) is 2.45. The second-order valence-corrected chi connectivity index (χ2v) is 7.15. The molecule has 0 spiro atoms. The minimum Gasteiger partial charge on any atom is -0.360 e. The molecule has 1 N–H and O–H groups in total. The number of Topliss-reactive ketones (excluding diaryl/α,β-unsaturated/α-hetero) is 1. The van der Waals surface area contributed by atoms with Crippen LogP contribution in [-0.2, 0) is 6.42 Å². The fourth-order valence-electron chi connectivity index (χ4n) is 2.78. The van der Waals surface area contributed by atoms with E-state index in [2.05, 4.69) is 17.1 Å². The van der Waals surface area contributed by atoms with E-state index < -0.39 is 5.41 Å². The highest BCUT2D eigenvalue weighted by molar-refractivity contribution is 6.01. The topological polar surface area (TPSA) is 49.9 Å².